The molecule has 3 nitrogen and oxygen atoms in total. The Bertz CT molecular complexity index is 872. The zero-order valence-electron chi connectivity index (χ0n) is 12.7. The van der Waals surface area contributed by atoms with Crippen LogP contribution in [0.15, 0.2) is 60.7 Å². The molecule has 0 atom stereocenters. The largest absolute Gasteiger partial charge is 0.481 e. The number of rotatable bonds is 5. The van der Waals surface area contributed by atoms with E-state index in [0.717, 1.165) is 22.6 Å². The molecule has 0 aliphatic carbocycles. The maximum absolute atomic E-state index is 11.0. The van der Waals surface area contributed by atoms with Gasteiger partial charge in [-0.15, -0.1) is 0 Å². The van der Waals surface area contributed by atoms with Gasteiger partial charge in [0.05, 0.1) is 22.8 Å². The fraction of sp³-hybridized carbons (Fsp3) is 0.105. The number of carbonyl (C=O) groups is 1. The average molecular weight is 360 g/mol. The summed E-state index contributed by atoms with van der Waals surface area (Å²) in [5.74, 6) is -0.832. The first-order valence-electron chi connectivity index (χ1n) is 7.49. The van der Waals surface area contributed by atoms with Crippen LogP contribution >= 0.6 is 23.2 Å². The van der Waals surface area contributed by atoms with Crippen LogP contribution in [0.3, 0.4) is 0 Å². The van der Waals surface area contributed by atoms with Crippen molar-refractivity contribution in [2.24, 2.45) is 0 Å². The molecule has 0 aliphatic heterocycles. The summed E-state index contributed by atoms with van der Waals surface area (Å²) in [6, 6.07) is 19.1. The molecule has 5 heteroatoms. The van der Waals surface area contributed by atoms with Gasteiger partial charge in [0.15, 0.2) is 0 Å². The van der Waals surface area contributed by atoms with Crippen LogP contribution in [0.4, 0.5) is 0 Å². The molecule has 2 aromatic carbocycles. The lowest BCUT2D eigenvalue weighted by atomic mass is 10.1. The Balaban J connectivity index is 2.17. The number of aliphatic carboxylic acids is 1. The minimum Gasteiger partial charge on any atom is -0.481 e. The highest BCUT2D eigenvalue weighted by Crippen LogP contribution is 2.32. The van der Waals surface area contributed by atoms with Gasteiger partial charge in [0.25, 0.3) is 0 Å². The summed E-state index contributed by atoms with van der Waals surface area (Å²) in [6.45, 7) is 0. The molecule has 3 aromatic rings. The van der Waals surface area contributed by atoms with Crippen LogP contribution in [0.2, 0.25) is 10.0 Å². The van der Waals surface area contributed by atoms with E-state index in [1.165, 1.54) is 0 Å². The summed E-state index contributed by atoms with van der Waals surface area (Å²) in [4.78, 5) is 11.0. The van der Waals surface area contributed by atoms with Crippen LogP contribution < -0.4 is 0 Å². The zero-order valence-corrected chi connectivity index (χ0v) is 14.3. The second-order valence-electron chi connectivity index (χ2n) is 5.40. The third kappa shape index (κ3) is 3.48. The standard InChI is InChI=1S/C19H15Cl2NO2/c20-14-6-9-16(21)18(12-14)22-15(8-11-19(23)24)7-10-17(22)13-4-2-1-3-5-13/h1-7,9-10,12H,8,11H2,(H,23,24). The number of carboxylic acids is 1. The van der Waals surface area contributed by atoms with Crippen molar-refractivity contribution in [2.75, 3.05) is 0 Å². The van der Waals surface area contributed by atoms with Gasteiger partial charge < -0.3 is 9.67 Å². The number of benzene rings is 2. The quantitative estimate of drug-likeness (QED) is 0.656. The lowest BCUT2D eigenvalue weighted by molar-refractivity contribution is -0.136. The van der Waals surface area contributed by atoms with Crippen LogP contribution in [0.1, 0.15) is 12.1 Å². The Hall–Kier alpha value is -2.23. The Morgan fingerprint density at radius 1 is 1.00 bits per heavy atom. The lowest BCUT2D eigenvalue weighted by Gasteiger charge is -2.15. The van der Waals surface area contributed by atoms with Gasteiger partial charge in [0.1, 0.15) is 0 Å². The van der Waals surface area contributed by atoms with E-state index >= 15 is 0 Å². The van der Waals surface area contributed by atoms with Crippen molar-refractivity contribution >= 4 is 29.2 Å². The van der Waals surface area contributed by atoms with Crippen LogP contribution in [0, 0.1) is 0 Å². The van der Waals surface area contributed by atoms with Crippen molar-refractivity contribution in [3.8, 4) is 16.9 Å². The van der Waals surface area contributed by atoms with Gasteiger partial charge >= 0.3 is 5.97 Å². The first-order chi connectivity index (χ1) is 11.6. The minimum atomic E-state index is -0.832. The minimum absolute atomic E-state index is 0.0520. The molecule has 1 N–H and O–H groups in total. The monoisotopic (exact) mass is 359 g/mol. The van der Waals surface area contributed by atoms with E-state index in [9.17, 15) is 4.79 Å². The number of aromatic nitrogens is 1. The number of aryl methyl sites for hydroxylation is 1. The van der Waals surface area contributed by atoms with Crippen LogP contribution in [0.5, 0.6) is 0 Å². The third-order valence-corrected chi connectivity index (χ3v) is 4.33. The van der Waals surface area contributed by atoms with Crippen LogP contribution in [0.25, 0.3) is 16.9 Å². The molecule has 0 amide bonds. The Kier molecular flexibility index (Phi) is 4.93. The van der Waals surface area contributed by atoms with E-state index < -0.39 is 5.97 Å². The molecule has 0 fully saturated rings. The Morgan fingerprint density at radius 2 is 1.75 bits per heavy atom. The van der Waals surface area contributed by atoms with Gasteiger partial charge in [-0.25, -0.2) is 0 Å². The Labute approximate surface area is 150 Å². The van der Waals surface area contributed by atoms with E-state index in [1.807, 2.05) is 47.0 Å². The normalized spacial score (nSPS) is 10.8. The van der Waals surface area contributed by atoms with Crippen molar-refractivity contribution in [1.82, 2.24) is 4.57 Å². The summed E-state index contributed by atoms with van der Waals surface area (Å²) in [5.41, 5.74) is 3.59. The van der Waals surface area contributed by atoms with Crippen molar-refractivity contribution in [1.29, 1.82) is 0 Å². The average Bonchev–Trinajstić information content (AvgIpc) is 2.99. The number of halogens is 2. The van der Waals surface area contributed by atoms with Gasteiger partial charge in [-0.2, -0.15) is 0 Å². The molecule has 0 spiro atoms. The first-order valence-corrected chi connectivity index (χ1v) is 8.25. The van der Waals surface area contributed by atoms with Gasteiger partial charge in [0.2, 0.25) is 0 Å². The fourth-order valence-electron chi connectivity index (χ4n) is 2.68. The number of carboxylic acid groups (broad SMARTS) is 1. The van der Waals surface area contributed by atoms with Crippen molar-refractivity contribution in [2.45, 2.75) is 12.8 Å². The van der Waals surface area contributed by atoms with E-state index in [4.69, 9.17) is 28.3 Å². The third-order valence-electron chi connectivity index (χ3n) is 3.78. The summed E-state index contributed by atoms with van der Waals surface area (Å²) < 4.78 is 1.98. The van der Waals surface area contributed by atoms with Crippen LogP contribution in [-0.4, -0.2) is 15.6 Å². The molecule has 0 saturated carbocycles. The predicted molar refractivity (Wildman–Crippen MR) is 97.2 cm³/mol. The van der Waals surface area contributed by atoms with E-state index in [2.05, 4.69) is 0 Å². The Morgan fingerprint density at radius 3 is 2.46 bits per heavy atom. The predicted octanol–water partition coefficient (Wildman–Crippen LogP) is 5.47. The topological polar surface area (TPSA) is 42.2 Å². The molecule has 0 saturated heterocycles. The number of hydrogen-bond acceptors (Lipinski definition) is 1. The first kappa shape index (κ1) is 16.6. The van der Waals surface area contributed by atoms with Gasteiger partial charge in [-0.1, -0.05) is 53.5 Å². The molecule has 122 valence electrons. The summed E-state index contributed by atoms with van der Waals surface area (Å²) in [7, 11) is 0. The van der Waals surface area contributed by atoms with E-state index in [0.29, 0.717) is 16.5 Å². The summed E-state index contributed by atoms with van der Waals surface area (Å²) in [6.07, 6.45) is 0.460. The van der Waals surface area contributed by atoms with Crippen molar-refractivity contribution in [3.05, 3.63) is 76.4 Å². The van der Waals surface area contributed by atoms with E-state index in [1.54, 1.807) is 18.2 Å². The second-order valence-corrected chi connectivity index (χ2v) is 6.24. The van der Waals surface area contributed by atoms with Crippen molar-refractivity contribution in [3.63, 3.8) is 0 Å². The summed E-state index contributed by atoms with van der Waals surface area (Å²) >= 11 is 12.5. The molecule has 0 aliphatic rings. The highest BCUT2D eigenvalue weighted by atomic mass is 35.5. The molecule has 1 heterocycles. The zero-order chi connectivity index (χ0) is 17.1. The highest BCUT2D eigenvalue weighted by Gasteiger charge is 2.15. The molecular weight excluding hydrogens is 345 g/mol. The van der Waals surface area contributed by atoms with E-state index in [-0.39, 0.29) is 6.42 Å². The molecule has 0 bridgehead atoms. The molecule has 24 heavy (non-hydrogen) atoms. The SMILES string of the molecule is O=C(O)CCc1ccc(-c2ccccc2)n1-c1cc(Cl)ccc1Cl. The van der Waals surface area contributed by atoms with Crippen LogP contribution in [-0.2, 0) is 11.2 Å². The second kappa shape index (κ2) is 7.12. The van der Waals surface area contributed by atoms with Crippen molar-refractivity contribution < 1.29 is 9.90 Å². The van der Waals surface area contributed by atoms with Gasteiger partial charge in [-0.05, 0) is 42.3 Å². The fourth-order valence-corrected chi connectivity index (χ4v) is 3.05. The number of nitrogens with zero attached hydrogens (tertiary/aromatic N) is 1. The highest BCUT2D eigenvalue weighted by molar-refractivity contribution is 6.34. The summed E-state index contributed by atoms with van der Waals surface area (Å²) in [5, 5.41) is 10.1. The molecular formula is C19H15Cl2NO2. The number of hydrogen-bond donors (Lipinski definition) is 1. The molecule has 0 radical (unpaired) electrons. The smallest absolute Gasteiger partial charge is 0.303 e. The molecule has 3 rings (SSSR count). The maximum Gasteiger partial charge on any atom is 0.303 e. The van der Waals surface area contributed by atoms with Gasteiger partial charge in [-0.3, -0.25) is 4.79 Å². The maximum atomic E-state index is 11.0. The lowest BCUT2D eigenvalue weighted by Crippen LogP contribution is -2.06. The molecule has 1 aromatic heterocycles. The van der Waals surface area contributed by atoms with Gasteiger partial charge in [0, 0.05) is 10.7 Å². The molecule has 0 unspecified atom stereocenters.